The number of para-hydroxylation sites is 2. The number of anilines is 4. The van der Waals surface area contributed by atoms with Gasteiger partial charge < -0.3 is 9.80 Å². The van der Waals surface area contributed by atoms with Gasteiger partial charge in [0.15, 0.2) is 11.6 Å². The van der Waals surface area contributed by atoms with E-state index >= 15 is 0 Å². The molecular formula is C34H28N4. The summed E-state index contributed by atoms with van der Waals surface area (Å²) in [5, 5.41) is 0. The Labute approximate surface area is 223 Å². The Bertz CT molecular complexity index is 1620. The molecule has 0 aliphatic carbocycles. The van der Waals surface area contributed by atoms with Gasteiger partial charge in [-0.1, -0.05) is 110 Å². The summed E-state index contributed by atoms with van der Waals surface area (Å²) in [7, 11) is 0. The van der Waals surface area contributed by atoms with Crippen LogP contribution in [0.5, 0.6) is 0 Å². The van der Waals surface area contributed by atoms with Crippen molar-refractivity contribution in [3.63, 3.8) is 0 Å². The summed E-state index contributed by atoms with van der Waals surface area (Å²) >= 11 is 0. The highest BCUT2D eigenvalue weighted by Gasteiger charge is 2.49. The number of nitrogens with zero attached hydrogens (tertiary/aromatic N) is 4. The van der Waals surface area contributed by atoms with Gasteiger partial charge in [-0.25, -0.2) is 9.97 Å². The van der Waals surface area contributed by atoms with Crippen LogP contribution in [0.4, 0.5) is 23.0 Å². The van der Waals surface area contributed by atoms with Crippen LogP contribution in [0.2, 0.25) is 0 Å². The minimum absolute atomic E-state index is 0.0138. The normalized spacial score (nSPS) is 19.4. The minimum atomic E-state index is 0.0138. The zero-order valence-electron chi connectivity index (χ0n) is 21.3. The summed E-state index contributed by atoms with van der Waals surface area (Å²) in [6, 6.07) is 40.0. The van der Waals surface area contributed by atoms with Crippen molar-refractivity contribution in [2.75, 3.05) is 9.80 Å². The summed E-state index contributed by atoms with van der Waals surface area (Å²) in [5.74, 6) is 2.24. The Morgan fingerprint density at radius 2 is 1.13 bits per heavy atom. The van der Waals surface area contributed by atoms with E-state index in [2.05, 4.69) is 133 Å². The van der Waals surface area contributed by atoms with Crippen LogP contribution < -0.4 is 9.80 Å². The van der Waals surface area contributed by atoms with Crippen LogP contribution in [0.1, 0.15) is 18.4 Å². The Kier molecular flexibility index (Phi) is 5.33. The smallest absolute Gasteiger partial charge is 0.179 e. The van der Waals surface area contributed by atoms with Gasteiger partial charge in [0.25, 0.3) is 0 Å². The molecule has 4 heteroatoms. The number of rotatable bonds is 4. The summed E-state index contributed by atoms with van der Waals surface area (Å²) < 4.78 is 0. The SMILES string of the molecule is C=CC1c2ccccc2N2c3nc(-c4ccccc4)c(-c4ccccc4)nc3N(c3ccccc3)C2C1C. The van der Waals surface area contributed by atoms with Crippen LogP contribution in [0, 0.1) is 5.92 Å². The van der Waals surface area contributed by atoms with Gasteiger partial charge in [0.2, 0.25) is 0 Å². The molecule has 2 aliphatic rings. The molecule has 0 saturated heterocycles. The number of benzene rings is 4. The fourth-order valence-corrected chi connectivity index (χ4v) is 6.09. The van der Waals surface area contributed by atoms with E-state index in [-0.39, 0.29) is 18.0 Å². The zero-order chi connectivity index (χ0) is 25.6. The van der Waals surface area contributed by atoms with Crippen LogP contribution in [0.3, 0.4) is 0 Å². The van der Waals surface area contributed by atoms with E-state index in [1.165, 1.54) is 11.3 Å². The van der Waals surface area contributed by atoms with E-state index in [1.807, 2.05) is 12.1 Å². The average Bonchev–Trinajstić information content (AvgIpc) is 3.33. The molecule has 0 fully saturated rings. The van der Waals surface area contributed by atoms with Crippen molar-refractivity contribution in [1.82, 2.24) is 9.97 Å². The standard InChI is InChI=1S/C34H28N4/c1-3-27-23(2)34-37(26-19-11-6-12-20-26)32-33(38(34)29-22-14-13-21-28(27)29)36-31(25-17-9-5-10-18-25)30(35-32)24-15-7-4-8-16-24/h3-23,27,34H,1H2,2H3. The average molecular weight is 493 g/mol. The lowest BCUT2D eigenvalue weighted by atomic mass is 9.80. The lowest BCUT2D eigenvalue weighted by Crippen LogP contribution is -2.48. The first-order chi connectivity index (χ1) is 18.8. The molecule has 0 spiro atoms. The quantitative estimate of drug-likeness (QED) is 0.236. The molecule has 0 radical (unpaired) electrons. The second-order valence-electron chi connectivity index (χ2n) is 9.97. The molecule has 0 bridgehead atoms. The van der Waals surface area contributed by atoms with Crippen LogP contribution in [0.25, 0.3) is 22.5 Å². The van der Waals surface area contributed by atoms with E-state index in [9.17, 15) is 0 Å². The molecule has 3 heterocycles. The fraction of sp³-hybridized carbons (Fsp3) is 0.118. The Hall–Kier alpha value is -4.70. The Morgan fingerprint density at radius 3 is 1.71 bits per heavy atom. The summed E-state index contributed by atoms with van der Waals surface area (Å²) in [5.41, 5.74) is 7.44. The minimum Gasteiger partial charge on any atom is -0.302 e. The lowest BCUT2D eigenvalue weighted by Gasteiger charge is -2.44. The summed E-state index contributed by atoms with van der Waals surface area (Å²) in [6.45, 7) is 6.55. The van der Waals surface area contributed by atoms with Crippen molar-refractivity contribution in [2.24, 2.45) is 5.92 Å². The fourth-order valence-electron chi connectivity index (χ4n) is 6.09. The second-order valence-corrected chi connectivity index (χ2v) is 9.97. The van der Waals surface area contributed by atoms with Crippen molar-refractivity contribution in [2.45, 2.75) is 19.0 Å². The van der Waals surface area contributed by atoms with Gasteiger partial charge >= 0.3 is 0 Å². The van der Waals surface area contributed by atoms with Crippen LogP contribution in [-0.2, 0) is 0 Å². The van der Waals surface area contributed by atoms with E-state index in [0.29, 0.717) is 0 Å². The van der Waals surface area contributed by atoms with Crippen LogP contribution in [0.15, 0.2) is 128 Å². The van der Waals surface area contributed by atoms with Gasteiger partial charge in [0, 0.05) is 34.3 Å². The maximum Gasteiger partial charge on any atom is 0.179 e. The third-order valence-electron chi connectivity index (χ3n) is 7.82. The number of aromatic nitrogens is 2. The van der Waals surface area contributed by atoms with Gasteiger partial charge in [-0.2, -0.15) is 0 Å². The third-order valence-corrected chi connectivity index (χ3v) is 7.82. The topological polar surface area (TPSA) is 32.3 Å². The third kappa shape index (κ3) is 3.37. The highest BCUT2D eigenvalue weighted by molar-refractivity contribution is 5.90. The first kappa shape index (κ1) is 22.5. The molecule has 0 saturated carbocycles. The molecule has 4 aromatic carbocycles. The summed E-state index contributed by atoms with van der Waals surface area (Å²) in [4.78, 5) is 15.7. The molecule has 3 unspecified atom stereocenters. The molecule has 184 valence electrons. The molecule has 5 aromatic rings. The van der Waals surface area contributed by atoms with Gasteiger partial charge in [0.1, 0.15) is 6.17 Å². The van der Waals surface area contributed by atoms with E-state index < -0.39 is 0 Å². The second kappa shape index (κ2) is 9.00. The van der Waals surface area contributed by atoms with Crippen molar-refractivity contribution >= 4 is 23.0 Å². The number of fused-ring (bicyclic) bond motifs is 5. The lowest BCUT2D eigenvalue weighted by molar-refractivity contribution is 0.409. The maximum atomic E-state index is 5.44. The largest absolute Gasteiger partial charge is 0.302 e. The molecule has 0 N–H and O–H groups in total. The Balaban J connectivity index is 1.55. The first-order valence-corrected chi connectivity index (χ1v) is 13.1. The van der Waals surface area contributed by atoms with Gasteiger partial charge in [-0.15, -0.1) is 6.58 Å². The molecule has 38 heavy (non-hydrogen) atoms. The first-order valence-electron chi connectivity index (χ1n) is 13.1. The monoisotopic (exact) mass is 492 g/mol. The molecule has 1 aromatic heterocycles. The van der Waals surface area contributed by atoms with Gasteiger partial charge in [-0.05, 0) is 23.8 Å². The zero-order valence-corrected chi connectivity index (χ0v) is 21.3. The maximum absolute atomic E-state index is 5.44. The predicted octanol–water partition coefficient (Wildman–Crippen LogP) is 8.35. The molecule has 3 atom stereocenters. The van der Waals surface area contributed by atoms with Crippen LogP contribution in [-0.4, -0.2) is 16.1 Å². The van der Waals surface area contributed by atoms with Crippen molar-refractivity contribution in [3.05, 3.63) is 133 Å². The molecule has 2 aliphatic heterocycles. The molecule has 7 rings (SSSR count). The molecule has 0 amide bonds. The molecular weight excluding hydrogens is 464 g/mol. The number of hydrogen-bond donors (Lipinski definition) is 0. The van der Waals surface area contributed by atoms with Crippen molar-refractivity contribution in [3.8, 4) is 22.5 Å². The van der Waals surface area contributed by atoms with E-state index in [4.69, 9.17) is 9.97 Å². The number of allylic oxidation sites excluding steroid dienone is 1. The van der Waals surface area contributed by atoms with E-state index in [1.54, 1.807) is 0 Å². The summed E-state index contributed by atoms with van der Waals surface area (Å²) in [6.07, 6.45) is 2.11. The highest BCUT2D eigenvalue weighted by Crippen LogP contribution is 2.55. The molecule has 4 nitrogen and oxygen atoms in total. The van der Waals surface area contributed by atoms with Crippen LogP contribution >= 0.6 is 0 Å². The predicted molar refractivity (Wildman–Crippen MR) is 156 cm³/mol. The Morgan fingerprint density at radius 1 is 0.632 bits per heavy atom. The van der Waals surface area contributed by atoms with Gasteiger partial charge in [0.05, 0.1) is 11.4 Å². The van der Waals surface area contributed by atoms with Crippen molar-refractivity contribution < 1.29 is 0 Å². The van der Waals surface area contributed by atoms with Crippen molar-refractivity contribution in [1.29, 1.82) is 0 Å². The van der Waals surface area contributed by atoms with Gasteiger partial charge in [-0.3, -0.25) is 0 Å². The van der Waals surface area contributed by atoms with E-state index in [0.717, 1.165) is 39.8 Å². The highest BCUT2D eigenvalue weighted by atomic mass is 15.5. The number of hydrogen-bond acceptors (Lipinski definition) is 4.